The molecule has 0 aliphatic heterocycles. The van der Waals surface area contributed by atoms with E-state index in [1.807, 2.05) is 42.6 Å². The lowest BCUT2D eigenvalue weighted by molar-refractivity contribution is 0.171. The van der Waals surface area contributed by atoms with Gasteiger partial charge in [0.2, 0.25) is 0 Å². The Hall–Kier alpha value is -1.92. The summed E-state index contributed by atoms with van der Waals surface area (Å²) in [7, 11) is 1.61. The molecule has 0 saturated carbocycles. The number of urea groups is 1. The molecule has 0 aliphatic carbocycles. The Balaban J connectivity index is 1.84. The lowest BCUT2D eigenvalue weighted by Gasteiger charge is -2.12. The van der Waals surface area contributed by atoms with E-state index < -0.39 is 0 Å². The molecule has 0 saturated heterocycles. The minimum Gasteiger partial charge on any atom is -0.383 e. The van der Waals surface area contributed by atoms with Crippen LogP contribution < -0.4 is 10.6 Å². The molecule has 2 amide bonds. The number of amides is 2. The van der Waals surface area contributed by atoms with E-state index in [1.54, 1.807) is 7.11 Å². The van der Waals surface area contributed by atoms with Crippen LogP contribution in [0.2, 0.25) is 0 Å². The number of thiazole rings is 1. The zero-order valence-electron chi connectivity index (χ0n) is 12.1. The van der Waals surface area contributed by atoms with Gasteiger partial charge in [0.1, 0.15) is 5.01 Å². The maximum Gasteiger partial charge on any atom is 0.315 e. The van der Waals surface area contributed by atoms with Gasteiger partial charge < -0.3 is 15.4 Å². The topological polar surface area (TPSA) is 63.2 Å². The molecule has 0 bridgehead atoms. The second-order valence-electron chi connectivity index (χ2n) is 4.68. The van der Waals surface area contributed by atoms with E-state index in [9.17, 15) is 4.79 Å². The summed E-state index contributed by atoms with van der Waals surface area (Å²) in [6.45, 7) is 2.80. The molecule has 6 heteroatoms. The third-order valence-corrected chi connectivity index (χ3v) is 3.66. The zero-order chi connectivity index (χ0) is 15.1. The highest BCUT2D eigenvalue weighted by Crippen LogP contribution is 2.21. The molecular weight excluding hydrogens is 286 g/mol. The second-order valence-corrected chi connectivity index (χ2v) is 5.62. The first-order chi connectivity index (χ1) is 10.2. The van der Waals surface area contributed by atoms with Crippen molar-refractivity contribution < 1.29 is 9.53 Å². The molecule has 2 N–H and O–H groups in total. The molecule has 21 heavy (non-hydrogen) atoms. The van der Waals surface area contributed by atoms with Crippen molar-refractivity contribution in [1.29, 1.82) is 0 Å². The maximum atomic E-state index is 11.7. The van der Waals surface area contributed by atoms with E-state index in [0.29, 0.717) is 13.2 Å². The Morgan fingerprint density at radius 1 is 1.38 bits per heavy atom. The molecule has 5 nitrogen and oxygen atoms in total. The van der Waals surface area contributed by atoms with Gasteiger partial charge in [0.15, 0.2) is 0 Å². The van der Waals surface area contributed by atoms with Crippen LogP contribution in [0.3, 0.4) is 0 Å². The van der Waals surface area contributed by atoms with E-state index in [4.69, 9.17) is 4.74 Å². The molecule has 112 valence electrons. The number of methoxy groups -OCH3 is 1. The summed E-state index contributed by atoms with van der Waals surface area (Å²) >= 11 is 1.54. The van der Waals surface area contributed by atoms with Crippen molar-refractivity contribution in [2.75, 3.05) is 13.7 Å². The molecule has 0 radical (unpaired) electrons. The van der Waals surface area contributed by atoms with Crippen LogP contribution in [0.15, 0.2) is 35.7 Å². The Kier molecular flexibility index (Phi) is 5.71. The van der Waals surface area contributed by atoms with Crippen LogP contribution in [-0.4, -0.2) is 30.8 Å². The third kappa shape index (κ3) is 4.84. The van der Waals surface area contributed by atoms with Gasteiger partial charge in [0.25, 0.3) is 0 Å². The van der Waals surface area contributed by atoms with Gasteiger partial charge in [-0.05, 0) is 6.92 Å². The fraction of sp³-hybridized carbons (Fsp3) is 0.333. The highest BCUT2D eigenvalue weighted by molar-refractivity contribution is 7.09. The first-order valence-electron chi connectivity index (χ1n) is 6.72. The highest BCUT2D eigenvalue weighted by atomic mass is 32.1. The third-order valence-electron chi connectivity index (χ3n) is 2.82. The Morgan fingerprint density at radius 3 is 2.86 bits per heavy atom. The number of hydrogen-bond donors (Lipinski definition) is 2. The fourth-order valence-corrected chi connectivity index (χ4v) is 2.60. The van der Waals surface area contributed by atoms with Crippen molar-refractivity contribution in [3.05, 3.63) is 40.7 Å². The predicted octanol–water partition coefficient (Wildman–Crippen LogP) is 2.64. The average Bonchev–Trinajstić information content (AvgIpc) is 2.95. The van der Waals surface area contributed by atoms with Crippen molar-refractivity contribution in [2.24, 2.45) is 0 Å². The van der Waals surface area contributed by atoms with Gasteiger partial charge in [-0.1, -0.05) is 30.3 Å². The van der Waals surface area contributed by atoms with Crippen molar-refractivity contribution in [2.45, 2.75) is 19.5 Å². The first-order valence-corrected chi connectivity index (χ1v) is 7.60. The molecular formula is C15H19N3O2S. The van der Waals surface area contributed by atoms with Gasteiger partial charge in [-0.15, -0.1) is 11.3 Å². The van der Waals surface area contributed by atoms with Crippen molar-refractivity contribution in [3.63, 3.8) is 0 Å². The number of carbonyl (C=O) groups excluding carboxylic acids is 1. The monoisotopic (exact) mass is 305 g/mol. The maximum absolute atomic E-state index is 11.7. The molecule has 1 heterocycles. The molecule has 0 aliphatic rings. The Morgan fingerprint density at radius 2 is 2.14 bits per heavy atom. The minimum absolute atomic E-state index is 0.0221. The SMILES string of the molecule is COCC(C)NC(=O)NCc1nc(-c2ccccc2)cs1. The van der Waals surface area contributed by atoms with Crippen LogP contribution in [0.4, 0.5) is 4.79 Å². The van der Waals surface area contributed by atoms with E-state index in [1.165, 1.54) is 11.3 Å². The lowest BCUT2D eigenvalue weighted by Crippen LogP contribution is -2.42. The summed E-state index contributed by atoms with van der Waals surface area (Å²) in [5, 5.41) is 8.46. The largest absolute Gasteiger partial charge is 0.383 e. The van der Waals surface area contributed by atoms with Gasteiger partial charge in [-0.2, -0.15) is 0 Å². The predicted molar refractivity (Wildman–Crippen MR) is 84.3 cm³/mol. The van der Waals surface area contributed by atoms with Crippen LogP contribution in [0.5, 0.6) is 0 Å². The van der Waals surface area contributed by atoms with E-state index in [-0.39, 0.29) is 12.1 Å². The number of aromatic nitrogens is 1. The Labute approximate surface area is 128 Å². The number of ether oxygens (including phenoxy) is 1. The summed E-state index contributed by atoms with van der Waals surface area (Å²) in [5.74, 6) is 0. The number of hydrogen-bond acceptors (Lipinski definition) is 4. The summed E-state index contributed by atoms with van der Waals surface area (Å²) in [5.41, 5.74) is 2.02. The van der Waals surface area contributed by atoms with Crippen molar-refractivity contribution in [1.82, 2.24) is 15.6 Å². The molecule has 1 unspecified atom stereocenters. The number of nitrogens with zero attached hydrogens (tertiary/aromatic N) is 1. The molecule has 0 fully saturated rings. The summed E-state index contributed by atoms with van der Waals surface area (Å²) in [6, 6.07) is 9.75. The average molecular weight is 305 g/mol. The highest BCUT2D eigenvalue weighted by Gasteiger charge is 2.08. The number of nitrogens with one attached hydrogen (secondary N) is 2. The smallest absolute Gasteiger partial charge is 0.315 e. The minimum atomic E-state index is -0.212. The normalized spacial score (nSPS) is 11.9. The van der Waals surface area contributed by atoms with Gasteiger partial charge in [-0.25, -0.2) is 9.78 Å². The first kappa shape index (κ1) is 15.5. The van der Waals surface area contributed by atoms with E-state index in [2.05, 4.69) is 15.6 Å². The standard InChI is InChI=1S/C15H19N3O2S/c1-11(9-20-2)17-15(19)16-8-14-18-13(10-21-14)12-6-4-3-5-7-12/h3-7,10-11H,8-9H2,1-2H3,(H2,16,17,19). The molecule has 0 spiro atoms. The van der Waals surface area contributed by atoms with Crippen LogP contribution in [-0.2, 0) is 11.3 Å². The molecule has 1 aromatic heterocycles. The lowest BCUT2D eigenvalue weighted by atomic mass is 10.2. The van der Waals surface area contributed by atoms with Crippen molar-refractivity contribution >= 4 is 17.4 Å². The van der Waals surface area contributed by atoms with E-state index in [0.717, 1.165) is 16.3 Å². The fourth-order valence-electron chi connectivity index (χ4n) is 1.86. The number of benzene rings is 1. The molecule has 2 aromatic rings. The van der Waals surface area contributed by atoms with Gasteiger partial charge in [-0.3, -0.25) is 0 Å². The second kappa shape index (κ2) is 7.75. The van der Waals surface area contributed by atoms with Crippen LogP contribution in [0.1, 0.15) is 11.9 Å². The molecule has 1 aromatic carbocycles. The number of carbonyl (C=O) groups is 1. The summed E-state index contributed by atoms with van der Waals surface area (Å²) < 4.78 is 4.97. The van der Waals surface area contributed by atoms with Crippen molar-refractivity contribution in [3.8, 4) is 11.3 Å². The van der Waals surface area contributed by atoms with Crippen LogP contribution >= 0.6 is 11.3 Å². The van der Waals surface area contributed by atoms with Crippen LogP contribution in [0.25, 0.3) is 11.3 Å². The zero-order valence-corrected chi connectivity index (χ0v) is 12.9. The van der Waals surface area contributed by atoms with Gasteiger partial charge in [0.05, 0.1) is 24.9 Å². The Bertz CT molecular complexity index is 571. The summed E-state index contributed by atoms with van der Waals surface area (Å²) in [4.78, 5) is 16.2. The molecule has 1 atom stereocenters. The van der Waals surface area contributed by atoms with E-state index >= 15 is 0 Å². The number of rotatable bonds is 6. The van der Waals surface area contributed by atoms with Gasteiger partial charge in [0, 0.05) is 18.1 Å². The quantitative estimate of drug-likeness (QED) is 0.862. The van der Waals surface area contributed by atoms with Gasteiger partial charge >= 0.3 is 6.03 Å². The summed E-state index contributed by atoms with van der Waals surface area (Å²) in [6.07, 6.45) is 0. The van der Waals surface area contributed by atoms with Crippen LogP contribution in [0, 0.1) is 0 Å². The molecule has 2 rings (SSSR count).